The van der Waals surface area contributed by atoms with Gasteiger partial charge in [-0.25, -0.2) is 0 Å². The van der Waals surface area contributed by atoms with Gasteiger partial charge in [0.05, 0.1) is 6.04 Å². The first-order valence-electron chi connectivity index (χ1n) is 8.12. The second-order valence-electron chi connectivity index (χ2n) is 6.51. The zero-order chi connectivity index (χ0) is 13.9. The molecule has 2 saturated carbocycles. The van der Waals surface area contributed by atoms with Gasteiger partial charge in [-0.2, -0.15) is 0 Å². The summed E-state index contributed by atoms with van der Waals surface area (Å²) in [6.45, 7) is 3.86. The first-order chi connectivity index (χ1) is 9.81. The zero-order valence-corrected chi connectivity index (χ0v) is 12.7. The van der Waals surface area contributed by atoms with Crippen LogP contribution in [0, 0.1) is 17.8 Å². The van der Waals surface area contributed by atoms with E-state index in [4.69, 9.17) is 9.15 Å². The molecule has 1 N–H and O–H groups in total. The summed E-state index contributed by atoms with van der Waals surface area (Å²) in [7, 11) is 1.71. The Labute approximate surface area is 122 Å². The fourth-order valence-corrected chi connectivity index (χ4v) is 4.25. The first-order valence-corrected chi connectivity index (χ1v) is 8.12. The summed E-state index contributed by atoms with van der Waals surface area (Å²) in [4.78, 5) is 0. The van der Waals surface area contributed by atoms with Crippen molar-refractivity contribution < 1.29 is 9.15 Å². The average Bonchev–Trinajstić information content (AvgIpc) is 3.16. The molecule has 3 nitrogen and oxygen atoms in total. The van der Waals surface area contributed by atoms with Gasteiger partial charge < -0.3 is 14.5 Å². The van der Waals surface area contributed by atoms with Gasteiger partial charge in [-0.3, -0.25) is 0 Å². The topological polar surface area (TPSA) is 34.4 Å². The number of hydrogen-bond acceptors (Lipinski definition) is 3. The Kier molecular flexibility index (Phi) is 4.47. The van der Waals surface area contributed by atoms with Crippen molar-refractivity contribution in [2.45, 2.75) is 51.7 Å². The van der Waals surface area contributed by atoms with Crippen LogP contribution >= 0.6 is 0 Å². The third-order valence-electron chi connectivity index (χ3n) is 5.11. The van der Waals surface area contributed by atoms with E-state index in [9.17, 15) is 0 Å². The molecule has 2 aliphatic rings. The highest BCUT2D eigenvalue weighted by molar-refractivity contribution is 5.13. The lowest BCUT2D eigenvalue weighted by molar-refractivity contribution is 0.156. The van der Waals surface area contributed by atoms with E-state index in [1.54, 1.807) is 7.11 Å². The van der Waals surface area contributed by atoms with Gasteiger partial charge in [0, 0.05) is 7.11 Å². The van der Waals surface area contributed by atoms with Gasteiger partial charge in [0.15, 0.2) is 0 Å². The molecule has 0 saturated heterocycles. The van der Waals surface area contributed by atoms with Crippen LogP contribution in [0.4, 0.5) is 0 Å². The summed E-state index contributed by atoms with van der Waals surface area (Å²) in [5.41, 5.74) is 0. The molecule has 0 amide bonds. The zero-order valence-electron chi connectivity index (χ0n) is 12.7. The second kappa shape index (κ2) is 6.31. The van der Waals surface area contributed by atoms with Crippen molar-refractivity contribution in [3.63, 3.8) is 0 Å². The normalized spacial score (nSPS) is 30.0. The number of rotatable bonds is 7. The number of furan rings is 1. The van der Waals surface area contributed by atoms with Crippen molar-refractivity contribution in [1.82, 2.24) is 5.32 Å². The molecule has 0 aliphatic heterocycles. The summed E-state index contributed by atoms with van der Waals surface area (Å²) in [6, 6.07) is 4.61. The van der Waals surface area contributed by atoms with Crippen LogP contribution in [0.25, 0.3) is 0 Å². The highest BCUT2D eigenvalue weighted by Crippen LogP contribution is 2.52. The minimum Gasteiger partial charge on any atom is -0.462 e. The molecule has 1 heterocycles. The van der Waals surface area contributed by atoms with Crippen LogP contribution in [0.1, 0.15) is 56.6 Å². The van der Waals surface area contributed by atoms with E-state index in [0.717, 1.165) is 35.8 Å². The number of hydrogen-bond donors (Lipinski definition) is 1. The highest BCUT2D eigenvalue weighted by Gasteiger charge is 2.44. The lowest BCUT2D eigenvalue weighted by Gasteiger charge is -2.30. The third-order valence-corrected chi connectivity index (χ3v) is 5.11. The van der Waals surface area contributed by atoms with Crippen LogP contribution in [-0.2, 0) is 11.3 Å². The Hall–Kier alpha value is -0.800. The smallest absolute Gasteiger partial charge is 0.129 e. The average molecular weight is 277 g/mol. The van der Waals surface area contributed by atoms with E-state index in [1.807, 2.05) is 0 Å². The van der Waals surface area contributed by atoms with Crippen molar-refractivity contribution in [2.24, 2.45) is 17.8 Å². The van der Waals surface area contributed by atoms with Crippen LogP contribution in [0.5, 0.6) is 0 Å². The van der Waals surface area contributed by atoms with Crippen molar-refractivity contribution >= 4 is 0 Å². The van der Waals surface area contributed by atoms with E-state index in [2.05, 4.69) is 24.4 Å². The van der Waals surface area contributed by atoms with Gasteiger partial charge in [0.1, 0.15) is 18.1 Å². The molecular weight excluding hydrogens is 250 g/mol. The molecular formula is C17H27NO2. The van der Waals surface area contributed by atoms with Crippen LogP contribution in [0.2, 0.25) is 0 Å². The van der Waals surface area contributed by atoms with Crippen LogP contribution < -0.4 is 5.32 Å². The quantitative estimate of drug-likeness (QED) is 0.820. The van der Waals surface area contributed by atoms with E-state index in [1.165, 1.54) is 32.1 Å². The molecule has 4 unspecified atom stereocenters. The molecule has 3 rings (SSSR count). The fraction of sp³-hybridized carbons (Fsp3) is 0.765. The Balaban J connectivity index is 1.74. The van der Waals surface area contributed by atoms with E-state index in [-0.39, 0.29) is 0 Å². The molecule has 1 aromatic heterocycles. The fourth-order valence-electron chi connectivity index (χ4n) is 4.25. The van der Waals surface area contributed by atoms with Gasteiger partial charge in [0.2, 0.25) is 0 Å². The molecule has 2 bridgehead atoms. The predicted octanol–water partition coefficient (Wildman–Crippen LogP) is 3.90. The highest BCUT2D eigenvalue weighted by atomic mass is 16.5. The van der Waals surface area contributed by atoms with Gasteiger partial charge >= 0.3 is 0 Å². The molecule has 112 valence electrons. The summed E-state index contributed by atoms with van der Waals surface area (Å²) < 4.78 is 11.2. The largest absolute Gasteiger partial charge is 0.462 e. The SMILES string of the molecule is CCCNC(c1ccc(COC)o1)C1CC2CCC1C2. The molecule has 2 fully saturated rings. The molecule has 1 aromatic rings. The molecule has 0 aromatic carbocycles. The lowest BCUT2D eigenvalue weighted by atomic mass is 9.82. The lowest BCUT2D eigenvalue weighted by Crippen LogP contribution is -2.31. The Morgan fingerprint density at radius 1 is 1.35 bits per heavy atom. The van der Waals surface area contributed by atoms with Crippen molar-refractivity contribution in [2.75, 3.05) is 13.7 Å². The van der Waals surface area contributed by atoms with Crippen LogP contribution in [0.3, 0.4) is 0 Å². The van der Waals surface area contributed by atoms with Crippen LogP contribution in [-0.4, -0.2) is 13.7 Å². The maximum Gasteiger partial charge on any atom is 0.129 e. The number of ether oxygens (including phenoxy) is 1. The molecule has 0 radical (unpaired) electrons. The minimum absolute atomic E-state index is 0.399. The monoisotopic (exact) mass is 277 g/mol. The molecule has 3 heteroatoms. The van der Waals surface area contributed by atoms with Crippen LogP contribution in [0.15, 0.2) is 16.5 Å². The summed E-state index contributed by atoms with van der Waals surface area (Å²) in [5, 5.41) is 3.73. The number of fused-ring (bicyclic) bond motifs is 2. The van der Waals surface area contributed by atoms with Gasteiger partial charge in [0.25, 0.3) is 0 Å². The molecule has 4 atom stereocenters. The summed E-state index contributed by atoms with van der Waals surface area (Å²) in [6.07, 6.45) is 6.87. The number of nitrogens with one attached hydrogen (secondary N) is 1. The van der Waals surface area contributed by atoms with Gasteiger partial charge in [-0.05, 0) is 62.1 Å². The number of methoxy groups -OCH3 is 1. The van der Waals surface area contributed by atoms with Gasteiger partial charge in [-0.15, -0.1) is 0 Å². The van der Waals surface area contributed by atoms with Crippen molar-refractivity contribution in [1.29, 1.82) is 0 Å². The Bertz CT molecular complexity index is 428. The molecule has 0 spiro atoms. The molecule has 2 aliphatic carbocycles. The van der Waals surface area contributed by atoms with Gasteiger partial charge in [-0.1, -0.05) is 13.3 Å². The standard InChI is InChI=1S/C17H27NO2/c1-3-8-18-17(15-10-12-4-5-13(15)9-12)16-7-6-14(20-16)11-19-2/h6-7,12-13,15,17-18H,3-5,8-11H2,1-2H3. The van der Waals surface area contributed by atoms with Crippen molar-refractivity contribution in [3.05, 3.63) is 23.7 Å². The summed E-state index contributed by atoms with van der Waals surface area (Å²) >= 11 is 0. The first kappa shape index (κ1) is 14.2. The Morgan fingerprint density at radius 2 is 2.25 bits per heavy atom. The van der Waals surface area contributed by atoms with E-state index in [0.29, 0.717) is 12.6 Å². The summed E-state index contributed by atoms with van der Waals surface area (Å²) in [5.74, 6) is 4.70. The third kappa shape index (κ3) is 2.79. The second-order valence-corrected chi connectivity index (χ2v) is 6.51. The minimum atomic E-state index is 0.399. The van der Waals surface area contributed by atoms with E-state index >= 15 is 0 Å². The van der Waals surface area contributed by atoms with Crippen molar-refractivity contribution in [3.8, 4) is 0 Å². The van der Waals surface area contributed by atoms with E-state index < -0.39 is 0 Å². The maximum absolute atomic E-state index is 6.02. The Morgan fingerprint density at radius 3 is 2.90 bits per heavy atom. The maximum atomic E-state index is 6.02. The predicted molar refractivity (Wildman–Crippen MR) is 79.4 cm³/mol. The molecule has 20 heavy (non-hydrogen) atoms.